The number of rotatable bonds is 39. The molecular formula is C45H86O6. The van der Waals surface area contributed by atoms with Crippen LogP contribution in [0, 0.1) is 11.8 Å². The molecule has 0 aliphatic rings. The molecule has 0 amide bonds. The number of carbonyl (C=O) groups excluding carboxylic acids is 3. The molecule has 0 rings (SSSR count). The normalized spacial score (nSPS) is 12.1. The molecule has 0 unspecified atom stereocenters. The van der Waals surface area contributed by atoms with Gasteiger partial charge in [0.15, 0.2) is 6.10 Å². The minimum atomic E-state index is -0.758. The molecular weight excluding hydrogens is 636 g/mol. The summed E-state index contributed by atoms with van der Waals surface area (Å²) in [5, 5.41) is 0. The van der Waals surface area contributed by atoms with E-state index in [9.17, 15) is 14.4 Å². The van der Waals surface area contributed by atoms with E-state index in [0.29, 0.717) is 19.3 Å². The maximum atomic E-state index is 12.6. The Hall–Kier alpha value is -1.59. The van der Waals surface area contributed by atoms with Gasteiger partial charge in [-0.25, -0.2) is 0 Å². The summed E-state index contributed by atoms with van der Waals surface area (Å²) in [6, 6.07) is 0. The van der Waals surface area contributed by atoms with E-state index >= 15 is 0 Å². The molecule has 6 heteroatoms. The molecule has 0 aliphatic heterocycles. The summed E-state index contributed by atoms with van der Waals surface area (Å²) in [4.78, 5) is 37.4. The van der Waals surface area contributed by atoms with Gasteiger partial charge < -0.3 is 14.2 Å². The van der Waals surface area contributed by atoms with Crippen LogP contribution in [0.15, 0.2) is 0 Å². The zero-order chi connectivity index (χ0) is 37.6. The summed E-state index contributed by atoms with van der Waals surface area (Å²) in [5.41, 5.74) is 0. The third-order valence-corrected chi connectivity index (χ3v) is 9.97. The molecule has 0 N–H and O–H groups in total. The highest BCUT2D eigenvalue weighted by atomic mass is 16.6. The van der Waals surface area contributed by atoms with Crippen molar-refractivity contribution in [2.24, 2.45) is 11.8 Å². The SMILES string of the molecule is CCCCCCCC(=O)OC[C@H](COC(=O)CCCCCCCCCCCCCCCCC(C)C)OC(=O)CCCCCCCCCCC(C)C. The third kappa shape index (κ3) is 39.5. The van der Waals surface area contributed by atoms with Crippen LogP contribution in [0.5, 0.6) is 0 Å². The van der Waals surface area contributed by atoms with Crippen molar-refractivity contribution in [1.82, 2.24) is 0 Å². The van der Waals surface area contributed by atoms with Crippen LogP contribution in [0.2, 0.25) is 0 Å². The highest BCUT2D eigenvalue weighted by molar-refractivity contribution is 5.71. The fourth-order valence-electron chi connectivity index (χ4n) is 6.58. The van der Waals surface area contributed by atoms with Crippen LogP contribution < -0.4 is 0 Å². The lowest BCUT2D eigenvalue weighted by Gasteiger charge is -2.18. The van der Waals surface area contributed by atoms with Crippen LogP contribution in [-0.2, 0) is 28.6 Å². The molecule has 0 bridgehead atoms. The first-order chi connectivity index (χ1) is 24.7. The summed E-state index contributed by atoms with van der Waals surface area (Å²) < 4.78 is 16.6. The van der Waals surface area contributed by atoms with Crippen LogP contribution in [0.25, 0.3) is 0 Å². The Balaban J connectivity index is 4.15. The van der Waals surface area contributed by atoms with E-state index in [-0.39, 0.29) is 31.1 Å². The minimum absolute atomic E-state index is 0.0662. The molecule has 302 valence electrons. The maximum Gasteiger partial charge on any atom is 0.306 e. The second-order valence-electron chi connectivity index (χ2n) is 16.3. The fraction of sp³-hybridized carbons (Fsp3) is 0.933. The van der Waals surface area contributed by atoms with Gasteiger partial charge in [-0.2, -0.15) is 0 Å². The molecule has 51 heavy (non-hydrogen) atoms. The van der Waals surface area contributed by atoms with Crippen LogP contribution in [0.4, 0.5) is 0 Å². The maximum absolute atomic E-state index is 12.6. The molecule has 0 aliphatic carbocycles. The molecule has 6 nitrogen and oxygen atoms in total. The molecule has 0 saturated heterocycles. The lowest BCUT2D eigenvalue weighted by atomic mass is 10.0. The number of hydrogen-bond donors (Lipinski definition) is 0. The predicted molar refractivity (Wildman–Crippen MR) is 215 cm³/mol. The Labute approximate surface area is 317 Å². The average molecular weight is 723 g/mol. The molecule has 0 saturated carbocycles. The molecule has 0 heterocycles. The van der Waals surface area contributed by atoms with E-state index in [1.165, 1.54) is 122 Å². The van der Waals surface area contributed by atoms with E-state index < -0.39 is 6.10 Å². The highest BCUT2D eigenvalue weighted by Crippen LogP contribution is 2.16. The lowest BCUT2D eigenvalue weighted by Crippen LogP contribution is -2.30. The van der Waals surface area contributed by atoms with Gasteiger partial charge in [0.25, 0.3) is 0 Å². The van der Waals surface area contributed by atoms with Crippen LogP contribution in [0.1, 0.15) is 240 Å². The molecule has 0 fully saturated rings. The number of unbranched alkanes of at least 4 members (excludes halogenated alkanes) is 24. The number of esters is 3. The molecule has 0 aromatic heterocycles. The third-order valence-electron chi connectivity index (χ3n) is 9.97. The van der Waals surface area contributed by atoms with Crippen LogP contribution in [-0.4, -0.2) is 37.2 Å². The van der Waals surface area contributed by atoms with Crippen molar-refractivity contribution < 1.29 is 28.6 Å². The molecule has 1 atom stereocenters. The minimum Gasteiger partial charge on any atom is -0.462 e. The van der Waals surface area contributed by atoms with Gasteiger partial charge in [0.05, 0.1) is 0 Å². The van der Waals surface area contributed by atoms with E-state index in [2.05, 4.69) is 34.6 Å². The standard InChI is InChI=1S/C45H86O6/c1-6-7-8-23-30-35-43(46)49-38-42(51-45(48)37-32-27-22-18-17-20-25-29-34-41(4)5)39-50-44(47)36-31-26-21-16-14-12-10-9-11-13-15-19-24-28-33-40(2)3/h40-42H,6-39H2,1-5H3/t42-/m1/s1. The molecule has 0 spiro atoms. The fourth-order valence-corrected chi connectivity index (χ4v) is 6.58. The summed E-state index contributed by atoms with van der Waals surface area (Å²) in [6.45, 7) is 11.2. The topological polar surface area (TPSA) is 78.9 Å². The Bertz CT molecular complexity index is 779. The summed E-state index contributed by atoms with van der Waals surface area (Å²) in [6.07, 6.45) is 35.5. The molecule has 0 radical (unpaired) electrons. The van der Waals surface area contributed by atoms with Crippen LogP contribution in [0.3, 0.4) is 0 Å². The van der Waals surface area contributed by atoms with Gasteiger partial charge in [-0.3, -0.25) is 14.4 Å². The second kappa shape index (κ2) is 38.1. The average Bonchev–Trinajstić information content (AvgIpc) is 3.09. The quantitative estimate of drug-likeness (QED) is 0.0357. The molecule has 0 aromatic carbocycles. The van der Waals surface area contributed by atoms with Gasteiger partial charge in [0.1, 0.15) is 13.2 Å². The van der Waals surface area contributed by atoms with Gasteiger partial charge in [-0.05, 0) is 31.1 Å². The predicted octanol–water partition coefficient (Wildman–Crippen LogP) is 13.8. The summed E-state index contributed by atoms with van der Waals surface area (Å²) >= 11 is 0. The van der Waals surface area contributed by atoms with Crippen molar-refractivity contribution in [2.45, 2.75) is 246 Å². The van der Waals surface area contributed by atoms with E-state index in [0.717, 1.165) is 76.0 Å². The first-order valence-electron chi connectivity index (χ1n) is 22.2. The van der Waals surface area contributed by atoms with Gasteiger partial charge >= 0.3 is 17.9 Å². The number of ether oxygens (including phenoxy) is 3. The van der Waals surface area contributed by atoms with Gasteiger partial charge in [-0.15, -0.1) is 0 Å². The van der Waals surface area contributed by atoms with E-state index in [1.807, 2.05) is 0 Å². The zero-order valence-electron chi connectivity index (χ0n) is 34.7. The largest absolute Gasteiger partial charge is 0.462 e. The second-order valence-corrected chi connectivity index (χ2v) is 16.3. The van der Waals surface area contributed by atoms with Gasteiger partial charge in [-0.1, -0.05) is 202 Å². The smallest absolute Gasteiger partial charge is 0.306 e. The first kappa shape index (κ1) is 49.4. The zero-order valence-corrected chi connectivity index (χ0v) is 34.7. The van der Waals surface area contributed by atoms with Crippen LogP contribution >= 0.6 is 0 Å². The highest BCUT2D eigenvalue weighted by Gasteiger charge is 2.19. The Morgan fingerprint density at radius 2 is 0.647 bits per heavy atom. The summed E-state index contributed by atoms with van der Waals surface area (Å²) in [5.74, 6) is 0.764. The van der Waals surface area contributed by atoms with Crippen molar-refractivity contribution in [3.05, 3.63) is 0 Å². The van der Waals surface area contributed by atoms with Gasteiger partial charge in [0, 0.05) is 19.3 Å². The molecule has 0 aromatic rings. The van der Waals surface area contributed by atoms with Crippen molar-refractivity contribution in [3.63, 3.8) is 0 Å². The summed E-state index contributed by atoms with van der Waals surface area (Å²) in [7, 11) is 0. The van der Waals surface area contributed by atoms with Crippen molar-refractivity contribution in [1.29, 1.82) is 0 Å². The Kier molecular flexibility index (Phi) is 37.0. The monoisotopic (exact) mass is 723 g/mol. The number of carbonyl (C=O) groups is 3. The van der Waals surface area contributed by atoms with E-state index in [4.69, 9.17) is 14.2 Å². The Morgan fingerprint density at radius 3 is 0.961 bits per heavy atom. The van der Waals surface area contributed by atoms with Gasteiger partial charge in [0.2, 0.25) is 0 Å². The first-order valence-corrected chi connectivity index (χ1v) is 22.2. The lowest BCUT2D eigenvalue weighted by molar-refractivity contribution is -0.167. The number of hydrogen-bond acceptors (Lipinski definition) is 6. The van der Waals surface area contributed by atoms with E-state index in [1.54, 1.807) is 0 Å². The van der Waals surface area contributed by atoms with Crippen molar-refractivity contribution >= 4 is 17.9 Å². The van der Waals surface area contributed by atoms with Crippen molar-refractivity contribution in [2.75, 3.05) is 13.2 Å². The Morgan fingerprint density at radius 1 is 0.373 bits per heavy atom. The van der Waals surface area contributed by atoms with Crippen molar-refractivity contribution in [3.8, 4) is 0 Å².